The van der Waals surface area contributed by atoms with Crippen molar-refractivity contribution in [1.82, 2.24) is 9.29 Å². The average molecular weight is 389 g/mol. The average Bonchev–Trinajstić information content (AvgIpc) is 3.10. The molecule has 8 heteroatoms. The van der Waals surface area contributed by atoms with Gasteiger partial charge in [0, 0.05) is 18.9 Å². The van der Waals surface area contributed by atoms with E-state index >= 15 is 0 Å². The van der Waals surface area contributed by atoms with Gasteiger partial charge in [-0.2, -0.15) is 4.31 Å². The van der Waals surface area contributed by atoms with Gasteiger partial charge in [0.1, 0.15) is 16.1 Å². The lowest BCUT2D eigenvalue weighted by molar-refractivity contribution is 0.215. The van der Waals surface area contributed by atoms with Crippen molar-refractivity contribution >= 4 is 37.3 Å². The van der Waals surface area contributed by atoms with Crippen molar-refractivity contribution in [2.75, 3.05) is 13.1 Å². The van der Waals surface area contributed by atoms with Crippen LogP contribution in [0.15, 0.2) is 44.7 Å². The Hall–Kier alpha value is -0.960. The van der Waals surface area contributed by atoms with Gasteiger partial charge in [0.2, 0.25) is 0 Å². The molecule has 2 aromatic rings. The van der Waals surface area contributed by atoms with Crippen LogP contribution in [0.2, 0.25) is 0 Å². The van der Waals surface area contributed by atoms with Crippen LogP contribution in [0.1, 0.15) is 6.42 Å². The molecule has 1 atom stereocenters. The number of nitrogens with zero attached hydrogens (tertiary/aromatic N) is 2. The largest absolute Gasteiger partial charge is 0.489 e. The highest BCUT2D eigenvalue weighted by Crippen LogP contribution is 2.30. The lowest BCUT2D eigenvalue weighted by Gasteiger charge is -2.16. The zero-order valence-corrected chi connectivity index (χ0v) is 14.2. The van der Waals surface area contributed by atoms with Crippen LogP contribution in [-0.2, 0) is 10.0 Å². The molecule has 112 valence electrons. The first-order valence-corrected chi connectivity index (χ1v) is 9.43. The number of halogens is 1. The van der Waals surface area contributed by atoms with Crippen LogP contribution in [0.3, 0.4) is 0 Å². The van der Waals surface area contributed by atoms with E-state index in [2.05, 4.69) is 20.9 Å². The molecular weight excluding hydrogens is 376 g/mol. The first-order valence-electron chi connectivity index (χ1n) is 6.38. The third kappa shape index (κ3) is 3.28. The third-order valence-electron chi connectivity index (χ3n) is 3.20. The minimum absolute atomic E-state index is 0.120. The summed E-state index contributed by atoms with van der Waals surface area (Å²) in [5.41, 5.74) is 0. The van der Waals surface area contributed by atoms with Crippen LogP contribution >= 0.6 is 27.3 Å². The topological polar surface area (TPSA) is 59.5 Å². The molecule has 1 fully saturated rings. The Labute approximate surface area is 135 Å². The Morgan fingerprint density at radius 3 is 2.71 bits per heavy atom. The summed E-state index contributed by atoms with van der Waals surface area (Å²) in [6.45, 7) is 0.855. The van der Waals surface area contributed by atoms with Crippen LogP contribution < -0.4 is 4.74 Å². The van der Waals surface area contributed by atoms with E-state index in [9.17, 15) is 8.42 Å². The summed E-state index contributed by atoms with van der Waals surface area (Å²) in [5, 5.41) is 0. The highest BCUT2D eigenvalue weighted by Gasteiger charge is 2.34. The Bertz CT molecular complexity index is 718. The van der Waals surface area contributed by atoms with Crippen molar-refractivity contribution in [2.45, 2.75) is 16.7 Å². The molecule has 0 radical (unpaired) electrons. The summed E-state index contributed by atoms with van der Waals surface area (Å²) in [6, 6.07) is 6.92. The summed E-state index contributed by atoms with van der Waals surface area (Å²) >= 11 is 4.52. The van der Waals surface area contributed by atoms with Crippen LogP contribution in [-0.4, -0.2) is 36.9 Å². The Balaban J connectivity index is 1.69. The predicted octanol–water partition coefficient (Wildman–Crippen LogP) is 2.75. The Kier molecular flexibility index (Phi) is 4.30. The fraction of sp³-hybridized carbons (Fsp3) is 0.308. The van der Waals surface area contributed by atoms with Crippen LogP contribution in [0, 0.1) is 0 Å². The predicted molar refractivity (Wildman–Crippen MR) is 84.0 cm³/mol. The molecule has 1 aliphatic rings. The van der Waals surface area contributed by atoms with Gasteiger partial charge >= 0.3 is 0 Å². The third-order valence-corrected chi connectivity index (χ3v) is 7.16. The van der Waals surface area contributed by atoms with E-state index in [-0.39, 0.29) is 6.10 Å². The fourth-order valence-corrected chi connectivity index (χ4v) is 5.84. The van der Waals surface area contributed by atoms with Crippen LogP contribution in [0.4, 0.5) is 0 Å². The van der Waals surface area contributed by atoms with E-state index in [0.29, 0.717) is 29.5 Å². The lowest BCUT2D eigenvalue weighted by Crippen LogP contribution is -2.30. The summed E-state index contributed by atoms with van der Waals surface area (Å²) in [5.74, 6) is 0.716. The molecule has 3 heterocycles. The Morgan fingerprint density at radius 2 is 2.05 bits per heavy atom. The van der Waals surface area contributed by atoms with Gasteiger partial charge in [-0.25, -0.2) is 8.42 Å². The van der Waals surface area contributed by atoms with E-state index in [1.807, 2.05) is 0 Å². The minimum Gasteiger partial charge on any atom is -0.489 e. The quantitative estimate of drug-likeness (QED) is 0.807. The molecule has 1 saturated heterocycles. The number of ether oxygens (including phenoxy) is 1. The van der Waals surface area contributed by atoms with E-state index in [1.54, 1.807) is 36.7 Å². The van der Waals surface area contributed by atoms with E-state index in [0.717, 1.165) is 3.79 Å². The number of hydrogen-bond donors (Lipinski definition) is 0. The molecule has 0 aliphatic carbocycles. The van der Waals surface area contributed by atoms with Crippen molar-refractivity contribution in [3.63, 3.8) is 0 Å². The second-order valence-corrected chi connectivity index (χ2v) is 9.26. The molecule has 2 aromatic heterocycles. The van der Waals surface area contributed by atoms with Gasteiger partial charge < -0.3 is 4.74 Å². The van der Waals surface area contributed by atoms with Gasteiger partial charge in [0.15, 0.2) is 0 Å². The van der Waals surface area contributed by atoms with Crippen molar-refractivity contribution < 1.29 is 13.2 Å². The SMILES string of the molecule is O=S(=O)(c1ccc(Br)s1)N1CCC(Oc2ccncc2)C1. The highest BCUT2D eigenvalue weighted by molar-refractivity contribution is 9.11. The molecule has 3 rings (SSSR count). The first-order chi connectivity index (χ1) is 10.1. The number of pyridine rings is 1. The molecule has 0 bridgehead atoms. The molecule has 0 aromatic carbocycles. The van der Waals surface area contributed by atoms with Gasteiger partial charge in [0.05, 0.1) is 10.3 Å². The molecule has 1 unspecified atom stereocenters. The number of hydrogen-bond acceptors (Lipinski definition) is 5. The van der Waals surface area contributed by atoms with Gasteiger partial charge in [-0.3, -0.25) is 4.98 Å². The molecular formula is C13H13BrN2O3S2. The molecule has 5 nitrogen and oxygen atoms in total. The molecule has 0 N–H and O–H groups in total. The van der Waals surface area contributed by atoms with Gasteiger partial charge in [-0.1, -0.05) is 0 Å². The number of rotatable bonds is 4. The molecule has 0 saturated carbocycles. The molecule has 21 heavy (non-hydrogen) atoms. The zero-order valence-electron chi connectivity index (χ0n) is 11.0. The maximum absolute atomic E-state index is 12.5. The summed E-state index contributed by atoms with van der Waals surface area (Å²) < 4.78 is 33.4. The second kappa shape index (κ2) is 6.04. The van der Waals surface area contributed by atoms with E-state index in [1.165, 1.54) is 15.6 Å². The summed E-state index contributed by atoms with van der Waals surface area (Å²) in [7, 11) is -3.41. The van der Waals surface area contributed by atoms with Crippen molar-refractivity contribution in [3.8, 4) is 5.75 Å². The van der Waals surface area contributed by atoms with E-state index < -0.39 is 10.0 Å². The van der Waals surface area contributed by atoms with Gasteiger partial charge in [-0.05, 0) is 46.6 Å². The maximum atomic E-state index is 12.5. The molecule has 1 aliphatic heterocycles. The van der Waals surface area contributed by atoms with Gasteiger partial charge in [0.25, 0.3) is 10.0 Å². The zero-order chi connectivity index (χ0) is 14.9. The van der Waals surface area contributed by atoms with Crippen molar-refractivity contribution in [2.24, 2.45) is 0 Å². The number of thiophene rings is 1. The first kappa shape index (κ1) is 15.0. The smallest absolute Gasteiger partial charge is 0.252 e. The molecule has 0 spiro atoms. The van der Waals surface area contributed by atoms with Crippen LogP contribution in [0.5, 0.6) is 5.75 Å². The maximum Gasteiger partial charge on any atom is 0.252 e. The standard InChI is InChI=1S/C13H13BrN2O3S2/c14-12-1-2-13(20-12)21(17,18)16-8-5-11(9-16)19-10-3-6-15-7-4-10/h1-4,6-7,11H,5,8-9H2. The second-order valence-electron chi connectivity index (χ2n) is 4.63. The van der Waals surface area contributed by atoms with Crippen LogP contribution in [0.25, 0.3) is 0 Å². The van der Waals surface area contributed by atoms with Crippen molar-refractivity contribution in [3.05, 3.63) is 40.4 Å². The number of aromatic nitrogens is 1. The minimum atomic E-state index is -3.41. The van der Waals surface area contributed by atoms with E-state index in [4.69, 9.17) is 4.74 Å². The van der Waals surface area contributed by atoms with Gasteiger partial charge in [-0.15, -0.1) is 11.3 Å². The fourth-order valence-electron chi connectivity index (χ4n) is 2.19. The Morgan fingerprint density at radius 1 is 1.29 bits per heavy atom. The normalized spacial score (nSPS) is 19.8. The van der Waals surface area contributed by atoms with Crippen molar-refractivity contribution in [1.29, 1.82) is 0 Å². The lowest BCUT2D eigenvalue weighted by atomic mass is 10.3. The summed E-state index contributed by atoms with van der Waals surface area (Å²) in [4.78, 5) is 3.93. The number of sulfonamides is 1. The molecule has 0 amide bonds. The summed E-state index contributed by atoms with van der Waals surface area (Å²) in [6.07, 6.45) is 3.88. The monoisotopic (exact) mass is 388 g/mol. The highest BCUT2D eigenvalue weighted by atomic mass is 79.9.